The monoisotopic (exact) mass is 423 g/mol. The summed E-state index contributed by atoms with van der Waals surface area (Å²) in [6.07, 6.45) is 0.150. The van der Waals surface area contributed by atoms with Gasteiger partial charge in [0.2, 0.25) is 10.0 Å². The number of rotatable bonds is 3. The number of halogens is 1. The Kier molecular flexibility index (Phi) is 4.99. The highest BCUT2D eigenvalue weighted by Gasteiger charge is 2.30. The molecule has 1 heterocycles. The minimum atomic E-state index is -3.67. The standard InChI is InChI=1S/C18H18BrNO4S/c1-12-3-5-14(6-4-12)25(22,23)20-8-7-17(21)15-10-16(19)18(24-2)9-13(15)11-20/h3-6,9-10H,7-8,11H2,1-2H3. The quantitative estimate of drug-likeness (QED) is 0.756. The third-order valence-corrected chi connectivity index (χ3v) is 6.75. The number of hydrogen-bond donors (Lipinski definition) is 0. The van der Waals surface area contributed by atoms with Crippen molar-refractivity contribution < 1.29 is 17.9 Å². The Labute approximate surface area is 155 Å². The highest BCUT2D eigenvalue weighted by Crippen LogP contribution is 2.32. The van der Waals surface area contributed by atoms with E-state index in [0.29, 0.717) is 21.3 Å². The van der Waals surface area contributed by atoms with Crippen LogP contribution in [0.4, 0.5) is 0 Å². The average Bonchev–Trinajstić information content (AvgIpc) is 2.74. The van der Waals surface area contributed by atoms with Crippen molar-refractivity contribution >= 4 is 31.7 Å². The van der Waals surface area contributed by atoms with Crippen LogP contribution in [0, 0.1) is 6.92 Å². The van der Waals surface area contributed by atoms with Gasteiger partial charge in [0.1, 0.15) is 5.75 Å². The van der Waals surface area contributed by atoms with Gasteiger partial charge in [0, 0.05) is 25.1 Å². The molecule has 2 aromatic carbocycles. The summed E-state index contributed by atoms with van der Waals surface area (Å²) in [7, 11) is -2.14. The minimum Gasteiger partial charge on any atom is -0.496 e. The maximum absolute atomic E-state index is 13.0. The van der Waals surface area contributed by atoms with Crippen molar-refractivity contribution in [2.24, 2.45) is 0 Å². The predicted octanol–water partition coefficient (Wildman–Crippen LogP) is 3.54. The summed E-state index contributed by atoms with van der Waals surface area (Å²) in [5.41, 5.74) is 2.18. The molecule has 0 atom stereocenters. The highest BCUT2D eigenvalue weighted by atomic mass is 79.9. The second-order valence-electron chi connectivity index (χ2n) is 5.97. The first-order valence-corrected chi connectivity index (χ1v) is 10.0. The van der Waals surface area contributed by atoms with Crippen molar-refractivity contribution in [3.8, 4) is 5.75 Å². The number of carbonyl (C=O) groups is 1. The van der Waals surface area contributed by atoms with Crippen LogP contribution in [0.3, 0.4) is 0 Å². The number of aryl methyl sites for hydroxylation is 1. The number of ether oxygens (including phenoxy) is 1. The number of methoxy groups -OCH3 is 1. The lowest BCUT2D eigenvalue weighted by molar-refractivity contribution is 0.0981. The summed E-state index contributed by atoms with van der Waals surface area (Å²) in [4.78, 5) is 12.7. The first-order valence-electron chi connectivity index (χ1n) is 7.79. The summed E-state index contributed by atoms with van der Waals surface area (Å²) in [6, 6.07) is 10.2. The minimum absolute atomic E-state index is 0.0695. The van der Waals surface area contributed by atoms with Gasteiger partial charge in [-0.2, -0.15) is 4.31 Å². The van der Waals surface area contributed by atoms with Crippen LogP contribution in [0.1, 0.15) is 27.9 Å². The van der Waals surface area contributed by atoms with E-state index in [-0.39, 0.29) is 30.2 Å². The summed E-state index contributed by atoms with van der Waals surface area (Å²) in [5, 5.41) is 0. The maximum Gasteiger partial charge on any atom is 0.243 e. The Morgan fingerprint density at radius 1 is 1.16 bits per heavy atom. The zero-order chi connectivity index (χ0) is 18.2. The lowest BCUT2D eigenvalue weighted by atomic mass is 10.0. The third kappa shape index (κ3) is 3.49. The van der Waals surface area contributed by atoms with E-state index in [1.165, 1.54) is 11.4 Å². The molecule has 0 bridgehead atoms. The number of sulfonamides is 1. The van der Waals surface area contributed by atoms with Crippen LogP contribution in [-0.4, -0.2) is 32.2 Å². The SMILES string of the molecule is COc1cc2c(cc1Br)C(=O)CCN(S(=O)(=O)c1ccc(C)cc1)C2. The van der Waals surface area contributed by atoms with E-state index in [0.717, 1.165) is 5.56 Å². The molecule has 0 spiro atoms. The van der Waals surface area contributed by atoms with Crippen molar-refractivity contribution in [2.75, 3.05) is 13.7 Å². The van der Waals surface area contributed by atoms with Crippen molar-refractivity contribution in [1.29, 1.82) is 0 Å². The molecule has 0 amide bonds. The van der Waals surface area contributed by atoms with Crippen molar-refractivity contribution in [2.45, 2.75) is 24.8 Å². The topological polar surface area (TPSA) is 63.7 Å². The number of nitrogens with zero attached hydrogens (tertiary/aromatic N) is 1. The molecule has 0 aliphatic carbocycles. The Hall–Kier alpha value is -1.70. The molecule has 2 aromatic rings. The van der Waals surface area contributed by atoms with E-state index in [2.05, 4.69) is 15.9 Å². The predicted molar refractivity (Wildman–Crippen MR) is 98.4 cm³/mol. The van der Waals surface area contributed by atoms with Crippen LogP contribution < -0.4 is 4.74 Å². The third-order valence-electron chi connectivity index (χ3n) is 4.27. The van der Waals surface area contributed by atoms with E-state index in [4.69, 9.17) is 4.74 Å². The zero-order valence-electron chi connectivity index (χ0n) is 14.0. The van der Waals surface area contributed by atoms with Crippen molar-refractivity contribution in [1.82, 2.24) is 4.31 Å². The van der Waals surface area contributed by atoms with E-state index in [9.17, 15) is 13.2 Å². The number of fused-ring (bicyclic) bond motifs is 1. The molecule has 0 fully saturated rings. The summed E-state index contributed by atoms with van der Waals surface area (Å²) < 4.78 is 33.2. The molecule has 0 saturated heterocycles. The van der Waals surface area contributed by atoms with Gasteiger partial charge in [-0.3, -0.25) is 4.79 Å². The zero-order valence-corrected chi connectivity index (χ0v) is 16.4. The molecule has 0 unspecified atom stereocenters. The molecule has 7 heteroatoms. The molecule has 25 heavy (non-hydrogen) atoms. The van der Waals surface area contributed by atoms with Gasteiger partial charge >= 0.3 is 0 Å². The molecule has 1 aliphatic heterocycles. The molecule has 0 aromatic heterocycles. The molecule has 5 nitrogen and oxygen atoms in total. The number of ketones is 1. The molecule has 132 valence electrons. The van der Waals surface area contributed by atoms with Gasteiger partial charge in [0.25, 0.3) is 0 Å². The van der Waals surface area contributed by atoms with Crippen molar-refractivity contribution in [3.05, 3.63) is 57.6 Å². The number of Topliss-reactive ketones (excluding diaryl/α,β-unsaturated/α-hetero) is 1. The van der Waals surface area contributed by atoms with Gasteiger partial charge in [0.15, 0.2) is 5.78 Å². The Bertz CT molecular complexity index is 923. The van der Waals surface area contributed by atoms with Crippen LogP contribution in [-0.2, 0) is 16.6 Å². The van der Waals surface area contributed by atoms with E-state index in [1.807, 2.05) is 6.92 Å². The maximum atomic E-state index is 13.0. The van der Waals surface area contributed by atoms with Crippen LogP contribution >= 0.6 is 15.9 Å². The lowest BCUT2D eigenvalue weighted by Gasteiger charge is -2.20. The number of benzene rings is 2. The normalized spacial score (nSPS) is 15.6. The average molecular weight is 424 g/mol. The summed E-state index contributed by atoms with van der Waals surface area (Å²) in [5.74, 6) is 0.501. The highest BCUT2D eigenvalue weighted by molar-refractivity contribution is 9.10. The Morgan fingerprint density at radius 3 is 2.48 bits per heavy atom. The van der Waals surface area contributed by atoms with E-state index in [1.54, 1.807) is 36.4 Å². The van der Waals surface area contributed by atoms with E-state index >= 15 is 0 Å². The smallest absolute Gasteiger partial charge is 0.243 e. The second-order valence-corrected chi connectivity index (χ2v) is 8.76. The molecule has 1 aliphatic rings. The fraction of sp³-hybridized carbons (Fsp3) is 0.278. The fourth-order valence-corrected chi connectivity index (χ4v) is 4.76. The van der Waals surface area contributed by atoms with E-state index < -0.39 is 10.0 Å². The van der Waals surface area contributed by atoms with Crippen molar-refractivity contribution in [3.63, 3.8) is 0 Å². The molecular weight excluding hydrogens is 406 g/mol. The largest absolute Gasteiger partial charge is 0.496 e. The van der Waals surface area contributed by atoms with Crippen LogP contribution in [0.15, 0.2) is 45.8 Å². The molecule has 0 saturated carbocycles. The van der Waals surface area contributed by atoms with Gasteiger partial charge in [-0.25, -0.2) is 8.42 Å². The van der Waals surface area contributed by atoms with Crippen LogP contribution in [0.25, 0.3) is 0 Å². The first-order chi connectivity index (χ1) is 11.8. The van der Waals surface area contributed by atoms with Gasteiger partial charge in [-0.15, -0.1) is 0 Å². The Balaban J connectivity index is 2.03. The molecule has 3 rings (SSSR count). The second kappa shape index (κ2) is 6.90. The van der Waals surface area contributed by atoms with Gasteiger partial charge < -0.3 is 4.74 Å². The fourth-order valence-electron chi connectivity index (χ4n) is 2.84. The van der Waals surface area contributed by atoms with Gasteiger partial charge in [-0.1, -0.05) is 17.7 Å². The molecule has 0 radical (unpaired) electrons. The first kappa shape index (κ1) is 18.1. The number of hydrogen-bond acceptors (Lipinski definition) is 4. The number of carbonyl (C=O) groups excluding carboxylic acids is 1. The summed E-state index contributed by atoms with van der Waals surface area (Å²) in [6.45, 7) is 2.20. The molecular formula is C18H18BrNO4S. The summed E-state index contributed by atoms with van der Waals surface area (Å²) >= 11 is 3.38. The van der Waals surface area contributed by atoms with Gasteiger partial charge in [0.05, 0.1) is 16.5 Å². The lowest BCUT2D eigenvalue weighted by Crippen LogP contribution is -2.31. The van der Waals surface area contributed by atoms with Crippen LogP contribution in [0.5, 0.6) is 5.75 Å². The Morgan fingerprint density at radius 2 is 1.84 bits per heavy atom. The van der Waals surface area contributed by atoms with Crippen LogP contribution in [0.2, 0.25) is 0 Å². The molecule has 0 N–H and O–H groups in total. The van der Waals surface area contributed by atoms with Gasteiger partial charge in [-0.05, 0) is 52.7 Å².